The molecule has 26 heavy (non-hydrogen) atoms. The predicted molar refractivity (Wildman–Crippen MR) is 98.0 cm³/mol. The van der Waals surface area contributed by atoms with Gasteiger partial charge in [-0.2, -0.15) is 0 Å². The number of amides is 2. The van der Waals surface area contributed by atoms with Gasteiger partial charge in [0, 0.05) is 45.1 Å². The molecular formula is C18H22N4O3S. The molecule has 2 heterocycles. The SMILES string of the molecule is Cc1ccc(S(=O)(=O)NC(=O)N2CCN(Cc3ccncc3)CC2)cc1. The Kier molecular flexibility index (Phi) is 5.53. The van der Waals surface area contributed by atoms with Gasteiger partial charge < -0.3 is 4.90 Å². The average molecular weight is 374 g/mol. The van der Waals surface area contributed by atoms with Gasteiger partial charge in [-0.25, -0.2) is 17.9 Å². The molecule has 0 atom stereocenters. The van der Waals surface area contributed by atoms with E-state index in [4.69, 9.17) is 0 Å². The molecule has 0 bridgehead atoms. The number of carbonyl (C=O) groups excluding carboxylic acids is 1. The molecule has 2 aromatic rings. The summed E-state index contributed by atoms with van der Waals surface area (Å²) in [4.78, 5) is 20.2. The van der Waals surface area contributed by atoms with E-state index in [1.54, 1.807) is 24.5 Å². The van der Waals surface area contributed by atoms with Crippen molar-refractivity contribution in [3.8, 4) is 0 Å². The van der Waals surface area contributed by atoms with Gasteiger partial charge >= 0.3 is 6.03 Å². The molecule has 1 aromatic carbocycles. The maximum atomic E-state index is 12.3. The Morgan fingerprint density at radius 2 is 1.65 bits per heavy atom. The van der Waals surface area contributed by atoms with E-state index >= 15 is 0 Å². The Balaban J connectivity index is 1.54. The van der Waals surface area contributed by atoms with Gasteiger partial charge in [-0.1, -0.05) is 17.7 Å². The minimum absolute atomic E-state index is 0.0905. The normalized spacial score (nSPS) is 15.7. The summed E-state index contributed by atoms with van der Waals surface area (Å²) in [6, 6.07) is 9.76. The standard InChI is InChI=1S/C18H22N4O3S/c1-15-2-4-17(5-3-15)26(24,25)20-18(23)22-12-10-21(11-13-22)14-16-6-8-19-9-7-16/h2-9H,10-14H2,1H3,(H,20,23). The molecule has 0 spiro atoms. The van der Waals surface area contributed by atoms with Crippen LogP contribution >= 0.6 is 0 Å². The molecule has 0 radical (unpaired) electrons. The third-order valence-corrected chi connectivity index (χ3v) is 5.70. The van der Waals surface area contributed by atoms with Crippen LogP contribution in [0.15, 0.2) is 53.7 Å². The third kappa shape index (κ3) is 4.59. The molecule has 1 aliphatic rings. The van der Waals surface area contributed by atoms with Crippen molar-refractivity contribution in [2.24, 2.45) is 0 Å². The summed E-state index contributed by atoms with van der Waals surface area (Å²) in [6.07, 6.45) is 3.52. The Hall–Kier alpha value is -2.45. The Bertz CT molecular complexity index is 846. The van der Waals surface area contributed by atoms with E-state index in [2.05, 4.69) is 14.6 Å². The molecular weight excluding hydrogens is 352 g/mol. The summed E-state index contributed by atoms with van der Waals surface area (Å²) in [7, 11) is -3.85. The first-order chi connectivity index (χ1) is 12.4. The number of rotatable bonds is 4. The van der Waals surface area contributed by atoms with E-state index < -0.39 is 16.1 Å². The number of hydrogen-bond acceptors (Lipinski definition) is 5. The number of nitrogens with zero attached hydrogens (tertiary/aromatic N) is 3. The highest BCUT2D eigenvalue weighted by Gasteiger charge is 2.25. The topological polar surface area (TPSA) is 82.6 Å². The smallest absolute Gasteiger partial charge is 0.321 e. The summed E-state index contributed by atoms with van der Waals surface area (Å²) < 4.78 is 26.8. The van der Waals surface area contributed by atoms with Crippen LogP contribution in [0.25, 0.3) is 0 Å². The highest BCUT2D eigenvalue weighted by atomic mass is 32.2. The van der Waals surface area contributed by atoms with Crippen LogP contribution in [0.2, 0.25) is 0 Å². The highest BCUT2D eigenvalue weighted by Crippen LogP contribution is 2.12. The first kappa shape index (κ1) is 18.3. The fourth-order valence-electron chi connectivity index (χ4n) is 2.81. The van der Waals surface area contributed by atoms with Crippen LogP contribution in [-0.4, -0.2) is 55.4 Å². The number of sulfonamides is 1. The van der Waals surface area contributed by atoms with Gasteiger partial charge in [-0.05, 0) is 36.8 Å². The van der Waals surface area contributed by atoms with Crippen LogP contribution in [0, 0.1) is 6.92 Å². The first-order valence-corrected chi connectivity index (χ1v) is 9.92. The maximum Gasteiger partial charge on any atom is 0.331 e. The second-order valence-corrected chi connectivity index (χ2v) is 8.02. The summed E-state index contributed by atoms with van der Waals surface area (Å²) >= 11 is 0. The molecule has 1 N–H and O–H groups in total. The molecule has 1 aliphatic heterocycles. The summed E-state index contributed by atoms with van der Waals surface area (Å²) in [6.45, 7) is 5.03. The van der Waals surface area contributed by atoms with Gasteiger partial charge in [0.15, 0.2) is 0 Å². The van der Waals surface area contributed by atoms with Crippen molar-refractivity contribution in [2.75, 3.05) is 26.2 Å². The molecule has 8 heteroatoms. The second-order valence-electron chi connectivity index (χ2n) is 6.34. The molecule has 0 saturated carbocycles. The van der Waals surface area contributed by atoms with Gasteiger partial charge in [-0.3, -0.25) is 9.88 Å². The van der Waals surface area contributed by atoms with Crippen molar-refractivity contribution in [3.05, 3.63) is 59.9 Å². The van der Waals surface area contributed by atoms with E-state index in [1.807, 2.05) is 19.1 Å². The van der Waals surface area contributed by atoms with E-state index in [0.29, 0.717) is 26.2 Å². The first-order valence-electron chi connectivity index (χ1n) is 8.44. The van der Waals surface area contributed by atoms with Gasteiger partial charge in [0.05, 0.1) is 4.90 Å². The van der Waals surface area contributed by atoms with Gasteiger partial charge in [0.25, 0.3) is 10.0 Å². The molecule has 1 fully saturated rings. The van der Waals surface area contributed by atoms with Gasteiger partial charge in [0.1, 0.15) is 0 Å². The number of nitrogens with one attached hydrogen (secondary N) is 1. The van der Waals surface area contributed by atoms with E-state index in [0.717, 1.165) is 12.1 Å². The number of piperazine rings is 1. The summed E-state index contributed by atoms with van der Waals surface area (Å²) in [5.41, 5.74) is 2.13. The molecule has 1 saturated heterocycles. The monoisotopic (exact) mass is 374 g/mol. The summed E-state index contributed by atoms with van der Waals surface area (Å²) in [5, 5.41) is 0. The number of aromatic nitrogens is 1. The van der Waals surface area contributed by atoms with Crippen LogP contribution in [0.3, 0.4) is 0 Å². The minimum Gasteiger partial charge on any atom is -0.321 e. The zero-order valence-corrected chi connectivity index (χ0v) is 15.4. The lowest BCUT2D eigenvalue weighted by molar-refractivity contribution is 0.138. The molecule has 0 aliphatic carbocycles. The van der Waals surface area contributed by atoms with E-state index in [-0.39, 0.29) is 4.90 Å². The molecule has 138 valence electrons. The van der Waals surface area contributed by atoms with Crippen molar-refractivity contribution in [3.63, 3.8) is 0 Å². The second kappa shape index (κ2) is 7.84. The lowest BCUT2D eigenvalue weighted by atomic mass is 10.2. The number of hydrogen-bond donors (Lipinski definition) is 1. The number of aryl methyl sites for hydroxylation is 1. The Morgan fingerprint density at radius 1 is 1.04 bits per heavy atom. The minimum atomic E-state index is -3.85. The zero-order valence-electron chi connectivity index (χ0n) is 14.6. The van der Waals surface area contributed by atoms with Crippen molar-refractivity contribution in [1.82, 2.24) is 19.5 Å². The number of urea groups is 1. The van der Waals surface area contributed by atoms with Gasteiger partial charge in [-0.15, -0.1) is 0 Å². The quantitative estimate of drug-likeness (QED) is 0.879. The van der Waals surface area contributed by atoms with Crippen molar-refractivity contribution in [1.29, 1.82) is 0 Å². The third-order valence-electron chi connectivity index (χ3n) is 4.37. The lowest BCUT2D eigenvalue weighted by Gasteiger charge is -2.34. The molecule has 3 rings (SSSR count). The van der Waals surface area contributed by atoms with Crippen LogP contribution in [0.4, 0.5) is 4.79 Å². The largest absolute Gasteiger partial charge is 0.331 e. The van der Waals surface area contributed by atoms with Gasteiger partial charge in [0.2, 0.25) is 0 Å². The molecule has 1 aromatic heterocycles. The number of pyridine rings is 1. The van der Waals surface area contributed by atoms with Crippen molar-refractivity contribution >= 4 is 16.1 Å². The molecule has 2 amide bonds. The van der Waals surface area contributed by atoms with E-state index in [9.17, 15) is 13.2 Å². The predicted octanol–water partition coefficient (Wildman–Crippen LogP) is 1.61. The Labute approximate surface area is 153 Å². The summed E-state index contributed by atoms with van der Waals surface area (Å²) in [5.74, 6) is 0. The lowest BCUT2D eigenvalue weighted by Crippen LogP contribution is -2.52. The number of benzene rings is 1. The van der Waals surface area contributed by atoms with Crippen molar-refractivity contribution < 1.29 is 13.2 Å². The van der Waals surface area contributed by atoms with Crippen LogP contribution in [-0.2, 0) is 16.6 Å². The molecule has 0 unspecified atom stereocenters. The number of carbonyl (C=O) groups is 1. The maximum absolute atomic E-state index is 12.3. The average Bonchev–Trinajstić information content (AvgIpc) is 2.63. The molecule has 7 nitrogen and oxygen atoms in total. The van der Waals surface area contributed by atoms with Crippen LogP contribution in [0.5, 0.6) is 0 Å². The fraction of sp³-hybridized carbons (Fsp3) is 0.333. The highest BCUT2D eigenvalue weighted by molar-refractivity contribution is 7.90. The van der Waals surface area contributed by atoms with Crippen LogP contribution in [0.1, 0.15) is 11.1 Å². The fourth-order valence-corrected chi connectivity index (χ4v) is 3.78. The van der Waals surface area contributed by atoms with E-state index in [1.165, 1.54) is 22.6 Å². The zero-order chi connectivity index (χ0) is 18.6. The Morgan fingerprint density at radius 3 is 2.27 bits per heavy atom. The van der Waals surface area contributed by atoms with Crippen LogP contribution < -0.4 is 4.72 Å². The van der Waals surface area contributed by atoms with Crippen molar-refractivity contribution in [2.45, 2.75) is 18.4 Å².